The van der Waals surface area contributed by atoms with Crippen LogP contribution in [0.4, 0.5) is 0 Å². The minimum absolute atomic E-state index is 0.0362. The van der Waals surface area contributed by atoms with Crippen LogP contribution in [0.3, 0.4) is 0 Å². The lowest BCUT2D eigenvalue weighted by molar-refractivity contribution is -0.131. The quantitative estimate of drug-likeness (QED) is 0.826. The second-order valence-corrected chi connectivity index (χ2v) is 4.64. The van der Waals surface area contributed by atoms with E-state index in [1.165, 1.54) is 4.88 Å². The number of hydrogen-bond donors (Lipinski definition) is 1. The maximum atomic E-state index is 11.6. The number of rotatable bonds is 5. The van der Waals surface area contributed by atoms with Gasteiger partial charge in [0.1, 0.15) is 0 Å². The van der Waals surface area contributed by atoms with Crippen LogP contribution in [0.2, 0.25) is 0 Å². The highest BCUT2D eigenvalue weighted by Crippen LogP contribution is 2.09. The zero-order valence-electron chi connectivity index (χ0n) is 9.27. The fourth-order valence-electron chi connectivity index (χ4n) is 1.30. The third kappa shape index (κ3) is 3.64. The molecule has 1 amide bonds. The number of nitrogens with zero attached hydrogens (tertiary/aromatic N) is 1. The Bertz CT molecular complexity index is 298. The number of carbonyl (C=O) groups is 1. The molecule has 0 aromatic carbocycles. The maximum Gasteiger partial charge on any atom is 0.239 e. The SMILES string of the molecule is CC[C@H](N)C(=O)N(C)CCc1cccs1. The molecule has 4 heteroatoms. The van der Waals surface area contributed by atoms with Crippen LogP contribution in [0.25, 0.3) is 0 Å². The molecule has 1 aromatic heterocycles. The summed E-state index contributed by atoms with van der Waals surface area (Å²) in [5, 5.41) is 2.05. The van der Waals surface area contributed by atoms with Gasteiger partial charge in [0.05, 0.1) is 6.04 Å². The molecular weight excluding hydrogens is 208 g/mol. The lowest BCUT2D eigenvalue weighted by Gasteiger charge is -2.20. The molecular formula is C11H18N2OS. The van der Waals surface area contributed by atoms with E-state index in [0.29, 0.717) is 6.42 Å². The van der Waals surface area contributed by atoms with Gasteiger partial charge in [-0.2, -0.15) is 0 Å². The first kappa shape index (κ1) is 12.2. The van der Waals surface area contributed by atoms with Crippen molar-refractivity contribution in [2.75, 3.05) is 13.6 Å². The Labute approximate surface area is 94.9 Å². The Morgan fingerprint density at radius 3 is 2.93 bits per heavy atom. The molecule has 1 heterocycles. The fourth-order valence-corrected chi connectivity index (χ4v) is 2.00. The van der Waals surface area contributed by atoms with Crippen molar-refractivity contribution in [2.45, 2.75) is 25.8 Å². The van der Waals surface area contributed by atoms with Crippen molar-refractivity contribution in [3.05, 3.63) is 22.4 Å². The molecule has 3 nitrogen and oxygen atoms in total. The van der Waals surface area contributed by atoms with Crippen LogP contribution in [-0.2, 0) is 11.2 Å². The molecule has 84 valence electrons. The van der Waals surface area contributed by atoms with Crippen LogP contribution in [-0.4, -0.2) is 30.4 Å². The fraction of sp³-hybridized carbons (Fsp3) is 0.545. The highest BCUT2D eigenvalue weighted by atomic mass is 32.1. The minimum Gasteiger partial charge on any atom is -0.344 e. The van der Waals surface area contributed by atoms with E-state index in [1.54, 1.807) is 16.2 Å². The number of likely N-dealkylation sites (N-methyl/N-ethyl adjacent to an activating group) is 1. The molecule has 0 unspecified atom stereocenters. The van der Waals surface area contributed by atoms with Crippen molar-refractivity contribution in [1.29, 1.82) is 0 Å². The lowest BCUT2D eigenvalue weighted by atomic mass is 10.2. The van der Waals surface area contributed by atoms with Gasteiger partial charge in [0, 0.05) is 18.5 Å². The number of amides is 1. The molecule has 0 bridgehead atoms. The summed E-state index contributed by atoms with van der Waals surface area (Å²) < 4.78 is 0. The van der Waals surface area contributed by atoms with Gasteiger partial charge in [-0.15, -0.1) is 11.3 Å². The summed E-state index contributed by atoms with van der Waals surface area (Å²) in [5.74, 6) is 0.0362. The van der Waals surface area contributed by atoms with E-state index in [4.69, 9.17) is 5.73 Å². The average Bonchev–Trinajstić information content (AvgIpc) is 2.76. The third-order valence-corrected chi connectivity index (χ3v) is 3.34. The van der Waals surface area contributed by atoms with E-state index < -0.39 is 0 Å². The standard InChI is InChI=1S/C11H18N2OS/c1-3-10(12)11(14)13(2)7-6-9-5-4-8-15-9/h4-5,8,10H,3,6-7,12H2,1-2H3/t10-/m0/s1. The Balaban J connectivity index is 2.35. The molecule has 0 fully saturated rings. The number of hydrogen-bond acceptors (Lipinski definition) is 3. The Morgan fingerprint density at radius 2 is 2.40 bits per heavy atom. The average molecular weight is 226 g/mol. The van der Waals surface area contributed by atoms with Gasteiger partial charge >= 0.3 is 0 Å². The van der Waals surface area contributed by atoms with Gasteiger partial charge in [-0.3, -0.25) is 4.79 Å². The molecule has 0 saturated heterocycles. The molecule has 1 aromatic rings. The summed E-state index contributed by atoms with van der Waals surface area (Å²) in [6.07, 6.45) is 1.61. The van der Waals surface area contributed by atoms with Gasteiger partial charge < -0.3 is 10.6 Å². The first-order valence-corrected chi connectivity index (χ1v) is 6.06. The summed E-state index contributed by atoms with van der Waals surface area (Å²) >= 11 is 1.72. The van der Waals surface area contributed by atoms with Crippen molar-refractivity contribution in [2.24, 2.45) is 5.73 Å². The lowest BCUT2D eigenvalue weighted by Crippen LogP contribution is -2.42. The molecule has 1 atom stereocenters. The summed E-state index contributed by atoms with van der Waals surface area (Å²) in [6, 6.07) is 3.76. The Kier molecular flexibility index (Phi) is 4.78. The number of thiophene rings is 1. The van der Waals surface area contributed by atoms with Crippen molar-refractivity contribution >= 4 is 17.2 Å². The van der Waals surface area contributed by atoms with E-state index >= 15 is 0 Å². The highest BCUT2D eigenvalue weighted by Gasteiger charge is 2.15. The molecule has 1 rings (SSSR count). The zero-order valence-corrected chi connectivity index (χ0v) is 10.1. The van der Waals surface area contributed by atoms with Crippen molar-refractivity contribution in [1.82, 2.24) is 4.90 Å². The van der Waals surface area contributed by atoms with Crippen LogP contribution >= 0.6 is 11.3 Å². The monoisotopic (exact) mass is 226 g/mol. The molecule has 0 saturated carbocycles. The smallest absolute Gasteiger partial charge is 0.239 e. The van der Waals surface area contributed by atoms with Crippen LogP contribution < -0.4 is 5.73 Å². The van der Waals surface area contributed by atoms with Crippen molar-refractivity contribution in [3.8, 4) is 0 Å². The minimum atomic E-state index is -0.349. The van der Waals surface area contributed by atoms with Gasteiger partial charge in [-0.25, -0.2) is 0 Å². The van der Waals surface area contributed by atoms with E-state index in [9.17, 15) is 4.79 Å². The van der Waals surface area contributed by atoms with Gasteiger partial charge in [-0.05, 0) is 24.3 Å². The molecule has 0 aliphatic carbocycles. The first-order valence-electron chi connectivity index (χ1n) is 5.18. The van der Waals surface area contributed by atoms with Crippen molar-refractivity contribution in [3.63, 3.8) is 0 Å². The van der Waals surface area contributed by atoms with Gasteiger partial charge in [0.15, 0.2) is 0 Å². The second kappa shape index (κ2) is 5.88. The van der Waals surface area contributed by atoms with E-state index in [2.05, 4.69) is 11.4 Å². The predicted molar refractivity (Wildman–Crippen MR) is 63.9 cm³/mol. The van der Waals surface area contributed by atoms with Crippen molar-refractivity contribution < 1.29 is 4.79 Å². The first-order chi connectivity index (χ1) is 7.15. The Morgan fingerprint density at radius 1 is 1.67 bits per heavy atom. The third-order valence-electron chi connectivity index (χ3n) is 2.41. The van der Waals surface area contributed by atoms with Gasteiger partial charge in [-0.1, -0.05) is 13.0 Å². The summed E-state index contributed by atoms with van der Waals surface area (Å²) in [6.45, 7) is 2.67. The molecule has 0 aliphatic heterocycles. The second-order valence-electron chi connectivity index (χ2n) is 3.60. The van der Waals surface area contributed by atoms with Gasteiger partial charge in [0.2, 0.25) is 5.91 Å². The maximum absolute atomic E-state index is 11.6. The summed E-state index contributed by atoms with van der Waals surface area (Å²) in [7, 11) is 1.81. The molecule has 0 spiro atoms. The van der Waals surface area contributed by atoms with E-state index in [-0.39, 0.29) is 11.9 Å². The van der Waals surface area contributed by atoms with Crippen LogP contribution in [0, 0.1) is 0 Å². The molecule has 0 radical (unpaired) electrons. The normalized spacial score (nSPS) is 12.5. The zero-order chi connectivity index (χ0) is 11.3. The van der Waals surface area contributed by atoms with E-state index in [0.717, 1.165) is 13.0 Å². The van der Waals surface area contributed by atoms with Crippen LogP contribution in [0.15, 0.2) is 17.5 Å². The molecule has 0 aliphatic rings. The van der Waals surface area contributed by atoms with Crippen LogP contribution in [0.1, 0.15) is 18.2 Å². The number of carbonyl (C=O) groups excluding carboxylic acids is 1. The summed E-state index contributed by atoms with van der Waals surface area (Å²) in [4.78, 5) is 14.7. The summed E-state index contributed by atoms with van der Waals surface area (Å²) in [5.41, 5.74) is 5.68. The van der Waals surface area contributed by atoms with Crippen LogP contribution in [0.5, 0.6) is 0 Å². The Hall–Kier alpha value is -0.870. The number of nitrogens with two attached hydrogens (primary N) is 1. The highest BCUT2D eigenvalue weighted by molar-refractivity contribution is 7.09. The topological polar surface area (TPSA) is 46.3 Å². The molecule has 2 N–H and O–H groups in total. The largest absolute Gasteiger partial charge is 0.344 e. The molecule has 15 heavy (non-hydrogen) atoms. The predicted octanol–water partition coefficient (Wildman–Crippen LogP) is 1.49. The van der Waals surface area contributed by atoms with E-state index in [1.807, 2.05) is 20.0 Å². The van der Waals surface area contributed by atoms with Gasteiger partial charge in [0.25, 0.3) is 0 Å².